The van der Waals surface area contributed by atoms with E-state index in [-0.39, 0.29) is 11.8 Å². The van der Waals surface area contributed by atoms with Crippen molar-refractivity contribution in [2.45, 2.75) is 25.0 Å². The van der Waals surface area contributed by atoms with Crippen LogP contribution >= 0.6 is 11.3 Å². The van der Waals surface area contributed by atoms with E-state index in [1.165, 1.54) is 17.6 Å². The molecule has 1 fully saturated rings. The number of aromatic nitrogens is 2. The van der Waals surface area contributed by atoms with Crippen molar-refractivity contribution in [1.29, 1.82) is 0 Å². The van der Waals surface area contributed by atoms with Crippen LogP contribution in [0.3, 0.4) is 0 Å². The molecule has 38 heavy (non-hydrogen) atoms. The second kappa shape index (κ2) is 10.5. The zero-order valence-electron chi connectivity index (χ0n) is 21.1. The average Bonchev–Trinajstić information content (AvgIpc) is 3.53. The second-order valence-corrected chi connectivity index (χ2v) is 12.7. The Morgan fingerprint density at radius 1 is 1.11 bits per heavy atom. The molecule has 5 rings (SSSR count). The highest BCUT2D eigenvalue weighted by Gasteiger charge is 2.29. The molecule has 8 nitrogen and oxygen atoms in total. The number of amides is 2. The fourth-order valence-corrected chi connectivity index (χ4v) is 6.56. The van der Waals surface area contributed by atoms with E-state index in [9.17, 15) is 18.0 Å². The molecule has 0 saturated carbocycles. The number of nitrogens with zero attached hydrogens (tertiary/aromatic N) is 2. The minimum absolute atomic E-state index is 0.187. The van der Waals surface area contributed by atoms with Gasteiger partial charge in [-0.15, -0.1) is 11.3 Å². The topological polar surface area (TPSA) is 112 Å². The molecule has 0 unspecified atom stereocenters. The molecule has 196 valence electrons. The first-order valence-corrected chi connectivity index (χ1v) is 15.1. The molecule has 4 aromatic rings. The number of sulfone groups is 1. The predicted molar refractivity (Wildman–Crippen MR) is 152 cm³/mol. The number of likely N-dealkylation sites (tertiary alicyclic amines) is 1. The normalized spacial score (nSPS) is 14.8. The van der Waals surface area contributed by atoms with E-state index in [4.69, 9.17) is 0 Å². The van der Waals surface area contributed by atoms with Crippen LogP contribution in [0.15, 0.2) is 53.9 Å². The Labute approximate surface area is 225 Å². The van der Waals surface area contributed by atoms with Gasteiger partial charge >= 0.3 is 0 Å². The maximum absolute atomic E-state index is 13.3. The van der Waals surface area contributed by atoms with E-state index < -0.39 is 15.1 Å². The van der Waals surface area contributed by atoms with Gasteiger partial charge in [0.1, 0.15) is 9.84 Å². The number of aromatic amines is 1. The van der Waals surface area contributed by atoms with Gasteiger partial charge in [0.25, 0.3) is 11.8 Å². The van der Waals surface area contributed by atoms with Gasteiger partial charge in [0.2, 0.25) is 0 Å². The molecule has 2 aromatic heterocycles. The monoisotopic (exact) mass is 548 g/mol. The number of benzene rings is 2. The number of hydrogen-bond acceptors (Lipinski definition) is 6. The fraction of sp³-hybridized carbons (Fsp3) is 0.250. The Morgan fingerprint density at radius 2 is 1.87 bits per heavy atom. The summed E-state index contributed by atoms with van der Waals surface area (Å²) in [6.07, 6.45) is 5.83. The lowest BCUT2D eigenvalue weighted by atomic mass is 10.0. The fourth-order valence-electron chi connectivity index (χ4n) is 4.68. The molecular formula is C28H28N4O4S2. The first kappa shape index (κ1) is 25.9. The summed E-state index contributed by atoms with van der Waals surface area (Å²) in [6, 6.07) is 14.9. The maximum atomic E-state index is 13.3. The van der Waals surface area contributed by atoms with Crippen LogP contribution in [0.25, 0.3) is 23.1 Å². The standard InChI is InChI=1S/C28H28N4O4S2/c1-18-13-16-37-26(18)27(33)29-25-17-20(28(34)32-14-11-21(12-15-32)38(2,35)36)8-7-19(25)9-10-24-22-5-3-4-6-23(22)30-31-24/h3-10,13,16-17,21H,11-12,14-15H2,1-2H3,(H,29,33)(H,30,31). The van der Waals surface area contributed by atoms with Crippen molar-refractivity contribution in [3.8, 4) is 0 Å². The summed E-state index contributed by atoms with van der Waals surface area (Å²) in [4.78, 5) is 28.7. The van der Waals surface area contributed by atoms with Gasteiger partial charge in [0.05, 0.1) is 21.3 Å². The minimum Gasteiger partial charge on any atom is -0.339 e. The Bertz CT molecular complexity index is 1640. The van der Waals surface area contributed by atoms with E-state index in [1.807, 2.05) is 54.8 Å². The molecule has 0 aliphatic carbocycles. The number of hydrogen-bond donors (Lipinski definition) is 2. The molecule has 1 aliphatic rings. The molecule has 1 saturated heterocycles. The van der Waals surface area contributed by atoms with Gasteiger partial charge in [-0.3, -0.25) is 14.7 Å². The molecule has 2 aromatic carbocycles. The average molecular weight is 549 g/mol. The number of aryl methyl sites for hydroxylation is 1. The second-order valence-electron chi connectivity index (χ2n) is 9.50. The molecule has 10 heteroatoms. The van der Waals surface area contributed by atoms with Gasteiger partial charge < -0.3 is 10.2 Å². The summed E-state index contributed by atoms with van der Waals surface area (Å²) < 4.78 is 23.8. The third kappa shape index (κ3) is 5.41. The zero-order chi connectivity index (χ0) is 26.9. The van der Waals surface area contributed by atoms with Crippen molar-refractivity contribution >= 4 is 61.7 Å². The molecule has 0 spiro atoms. The van der Waals surface area contributed by atoms with Crippen LogP contribution in [0.1, 0.15) is 49.7 Å². The van der Waals surface area contributed by atoms with Crippen molar-refractivity contribution in [3.05, 3.63) is 81.2 Å². The first-order valence-electron chi connectivity index (χ1n) is 12.3. The van der Waals surface area contributed by atoms with Gasteiger partial charge in [-0.25, -0.2) is 8.42 Å². The van der Waals surface area contributed by atoms with Gasteiger partial charge in [-0.05, 0) is 66.6 Å². The van der Waals surface area contributed by atoms with Crippen LogP contribution < -0.4 is 5.32 Å². The van der Waals surface area contributed by atoms with Crippen molar-refractivity contribution in [2.24, 2.45) is 0 Å². The molecular weight excluding hydrogens is 520 g/mol. The SMILES string of the molecule is Cc1ccsc1C(=O)Nc1cc(C(=O)N2CCC(S(C)(=O)=O)CC2)ccc1C=Cc1n[nH]c2ccccc12. The van der Waals surface area contributed by atoms with Gasteiger partial charge in [0.15, 0.2) is 0 Å². The lowest BCUT2D eigenvalue weighted by Gasteiger charge is -2.31. The summed E-state index contributed by atoms with van der Waals surface area (Å²) in [5.74, 6) is -0.426. The summed E-state index contributed by atoms with van der Waals surface area (Å²) in [6.45, 7) is 2.63. The van der Waals surface area contributed by atoms with Crippen molar-refractivity contribution < 1.29 is 18.0 Å². The first-order chi connectivity index (χ1) is 18.2. The zero-order valence-corrected chi connectivity index (χ0v) is 22.7. The molecule has 2 amide bonds. The highest BCUT2D eigenvalue weighted by molar-refractivity contribution is 7.91. The van der Waals surface area contributed by atoms with Crippen LogP contribution in [0.5, 0.6) is 0 Å². The van der Waals surface area contributed by atoms with E-state index in [0.29, 0.717) is 42.1 Å². The van der Waals surface area contributed by atoms with E-state index in [1.54, 1.807) is 23.1 Å². The van der Waals surface area contributed by atoms with Gasteiger partial charge in [-0.1, -0.05) is 30.3 Å². The molecule has 1 aliphatic heterocycles. The summed E-state index contributed by atoms with van der Waals surface area (Å²) in [5.41, 5.74) is 4.25. The third-order valence-corrected chi connectivity index (χ3v) is 9.57. The van der Waals surface area contributed by atoms with E-state index in [0.717, 1.165) is 27.7 Å². The summed E-state index contributed by atoms with van der Waals surface area (Å²) in [5, 5.41) is 12.8. The van der Waals surface area contributed by atoms with Crippen LogP contribution in [0.2, 0.25) is 0 Å². The Kier molecular flexibility index (Phi) is 7.18. The number of H-pyrrole nitrogens is 1. The molecule has 2 N–H and O–H groups in total. The maximum Gasteiger partial charge on any atom is 0.266 e. The van der Waals surface area contributed by atoms with Crippen molar-refractivity contribution in [2.75, 3.05) is 24.7 Å². The number of rotatable bonds is 6. The smallest absolute Gasteiger partial charge is 0.266 e. The van der Waals surface area contributed by atoms with Gasteiger partial charge in [-0.2, -0.15) is 5.10 Å². The number of fused-ring (bicyclic) bond motifs is 1. The third-order valence-electron chi connectivity index (χ3n) is 6.87. The van der Waals surface area contributed by atoms with Crippen LogP contribution in [0, 0.1) is 6.92 Å². The Balaban J connectivity index is 1.43. The Hall–Kier alpha value is -3.76. The lowest BCUT2D eigenvalue weighted by Crippen LogP contribution is -2.42. The van der Waals surface area contributed by atoms with Crippen LogP contribution in [0.4, 0.5) is 5.69 Å². The van der Waals surface area contributed by atoms with E-state index >= 15 is 0 Å². The Morgan fingerprint density at radius 3 is 2.58 bits per heavy atom. The quantitative estimate of drug-likeness (QED) is 0.352. The molecule has 0 radical (unpaired) electrons. The highest BCUT2D eigenvalue weighted by Crippen LogP contribution is 2.26. The number of carbonyl (C=O) groups excluding carboxylic acids is 2. The number of anilines is 1. The van der Waals surface area contributed by atoms with Crippen LogP contribution in [-0.4, -0.2) is 59.9 Å². The number of nitrogens with one attached hydrogen (secondary N) is 2. The number of para-hydroxylation sites is 1. The highest BCUT2D eigenvalue weighted by atomic mass is 32.2. The van der Waals surface area contributed by atoms with E-state index in [2.05, 4.69) is 15.5 Å². The molecule has 0 bridgehead atoms. The van der Waals surface area contributed by atoms with Crippen molar-refractivity contribution in [1.82, 2.24) is 15.1 Å². The van der Waals surface area contributed by atoms with Crippen molar-refractivity contribution in [3.63, 3.8) is 0 Å². The number of piperidine rings is 1. The number of carbonyl (C=O) groups is 2. The predicted octanol–water partition coefficient (Wildman–Crippen LogP) is 5.00. The summed E-state index contributed by atoms with van der Waals surface area (Å²) >= 11 is 1.36. The minimum atomic E-state index is -3.13. The lowest BCUT2D eigenvalue weighted by molar-refractivity contribution is 0.0725. The van der Waals surface area contributed by atoms with Crippen LogP contribution in [-0.2, 0) is 9.84 Å². The van der Waals surface area contributed by atoms with Gasteiger partial charge in [0, 0.05) is 36.0 Å². The molecule has 3 heterocycles. The largest absolute Gasteiger partial charge is 0.339 e. The molecule has 0 atom stereocenters. The summed E-state index contributed by atoms with van der Waals surface area (Å²) in [7, 11) is -3.13. The number of thiophene rings is 1.